The van der Waals surface area contributed by atoms with Gasteiger partial charge < -0.3 is 21.4 Å². The predicted octanol–water partition coefficient (Wildman–Crippen LogP) is 1.03. The molecule has 0 aromatic heterocycles. The molecule has 1 aromatic carbocycles. The van der Waals surface area contributed by atoms with Crippen molar-refractivity contribution in [2.75, 3.05) is 6.54 Å². The van der Waals surface area contributed by atoms with Gasteiger partial charge in [-0.05, 0) is 23.6 Å². The Morgan fingerprint density at radius 1 is 1.47 bits per heavy atom. The summed E-state index contributed by atoms with van der Waals surface area (Å²) in [6, 6.07) is 4.09. The number of nitrogens with two attached hydrogens (primary N) is 1. The van der Waals surface area contributed by atoms with Crippen LogP contribution in [0.25, 0.3) is 0 Å². The van der Waals surface area contributed by atoms with E-state index < -0.39 is 11.9 Å². The van der Waals surface area contributed by atoms with Crippen LogP contribution in [-0.4, -0.2) is 28.8 Å². The van der Waals surface area contributed by atoms with Crippen molar-refractivity contribution < 1.29 is 14.7 Å². The van der Waals surface area contributed by atoms with Gasteiger partial charge in [0.15, 0.2) is 5.84 Å². The zero-order valence-corrected chi connectivity index (χ0v) is 11.1. The Hall–Kier alpha value is -1.66. The molecule has 0 aliphatic rings. The summed E-state index contributed by atoms with van der Waals surface area (Å²) in [6.45, 7) is 4.67. The summed E-state index contributed by atoms with van der Waals surface area (Å²) >= 11 is 0. The smallest absolute Gasteiger partial charge is 0.170 e. The molecule has 1 atom stereocenters. The number of halogens is 1. The lowest BCUT2D eigenvalue weighted by Gasteiger charge is -2.16. The van der Waals surface area contributed by atoms with Crippen LogP contribution in [0, 0.1) is 11.7 Å². The quantitative estimate of drug-likeness (QED) is 0.269. The Balaban J connectivity index is 2.73. The topological polar surface area (TPSA) is 90.9 Å². The van der Waals surface area contributed by atoms with Gasteiger partial charge in [-0.1, -0.05) is 25.1 Å². The number of amidine groups is 1. The Morgan fingerprint density at radius 3 is 2.74 bits per heavy atom. The van der Waals surface area contributed by atoms with Crippen LogP contribution in [-0.2, 0) is 6.54 Å². The minimum Gasteiger partial charge on any atom is -0.409 e. The van der Waals surface area contributed by atoms with E-state index in [0.29, 0.717) is 24.2 Å². The van der Waals surface area contributed by atoms with E-state index in [4.69, 9.17) is 10.9 Å². The second-order valence-electron chi connectivity index (χ2n) is 4.73. The van der Waals surface area contributed by atoms with Crippen molar-refractivity contribution in [1.82, 2.24) is 5.32 Å². The van der Waals surface area contributed by atoms with Crippen molar-refractivity contribution in [3.05, 3.63) is 35.1 Å². The van der Waals surface area contributed by atoms with Gasteiger partial charge in [-0.3, -0.25) is 0 Å². The number of hydrogen-bond acceptors (Lipinski definition) is 4. The Labute approximate surface area is 111 Å². The molecule has 5 N–H and O–H groups in total. The second kappa shape index (κ2) is 7.06. The van der Waals surface area contributed by atoms with Crippen molar-refractivity contribution >= 4 is 5.84 Å². The van der Waals surface area contributed by atoms with Crippen LogP contribution >= 0.6 is 0 Å². The molecule has 0 bridgehead atoms. The highest BCUT2D eigenvalue weighted by Crippen LogP contribution is 2.11. The van der Waals surface area contributed by atoms with E-state index in [1.165, 1.54) is 12.1 Å². The van der Waals surface area contributed by atoms with Gasteiger partial charge in [0.1, 0.15) is 5.82 Å². The second-order valence-corrected chi connectivity index (χ2v) is 4.73. The molecule has 5 nitrogen and oxygen atoms in total. The fraction of sp³-hybridized carbons (Fsp3) is 0.462. The molecular formula is C13H20FN3O2. The normalized spacial score (nSPS) is 13.8. The lowest BCUT2D eigenvalue weighted by Crippen LogP contribution is -2.31. The Kier molecular flexibility index (Phi) is 5.72. The molecule has 0 saturated heterocycles. The predicted molar refractivity (Wildman–Crippen MR) is 71.5 cm³/mol. The van der Waals surface area contributed by atoms with Crippen LogP contribution in [0.5, 0.6) is 0 Å². The molecule has 0 fully saturated rings. The summed E-state index contributed by atoms with van der Waals surface area (Å²) in [4.78, 5) is 0. The molecule has 6 heteroatoms. The van der Waals surface area contributed by atoms with Gasteiger partial charge in [0.2, 0.25) is 0 Å². The molecule has 0 aliphatic carbocycles. The molecule has 0 radical (unpaired) electrons. The van der Waals surface area contributed by atoms with Crippen LogP contribution in [0.1, 0.15) is 25.0 Å². The first-order valence-electron chi connectivity index (χ1n) is 6.10. The highest BCUT2D eigenvalue weighted by molar-refractivity contribution is 5.98. The number of aliphatic hydroxyl groups excluding tert-OH is 1. The van der Waals surface area contributed by atoms with Crippen LogP contribution in [0.4, 0.5) is 4.39 Å². The van der Waals surface area contributed by atoms with E-state index in [1.54, 1.807) is 6.07 Å². The summed E-state index contributed by atoms with van der Waals surface area (Å²) in [5.74, 6) is -0.433. The molecule has 106 valence electrons. The maximum absolute atomic E-state index is 13.1. The van der Waals surface area contributed by atoms with Gasteiger partial charge in [-0.15, -0.1) is 0 Å². The first-order valence-corrected chi connectivity index (χ1v) is 6.10. The maximum Gasteiger partial charge on any atom is 0.170 e. The summed E-state index contributed by atoms with van der Waals surface area (Å²) in [7, 11) is 0. The Bertz CT molecular complexity index is 450. The van der Waals surface area contributed by atoms with Crippen molar-refractivity contribution in [3.8, 4) is 0 Å². The molecule has 1 unspecified atom stereocenters. The number of oxime groups is 1. The SMILES string of the molecule is CC(C)C(O)CNCc1ccc(F)cc1/C(N)=N/O. The zero-order valence-electron chi connectivity index (χ0n) is 11.1. The summed E-state index contributed by atoms with van der Waals surface area (Å²) in [5.41, 5.74) is 6.54. The largest absolute Gasteiger partial charge is 0.409 e. The zero-order chi connectivity index (χ0) is 14.4. The summed E-state index contributed by atoms with van der Waals surface area (Å²) < 4.78 is 13.1. The minimum absolute atomic E-state index is 0.138. The van der Waals surface area contributed by atoms with Crippen molar-refractivity contribution in [2.24, 2.45) is 16.8 Å². The van der Waals surface area contributed by atoms with E-state index >= 15 is 0 Å². The van der Waals surface area contributed by atoms with E-state index in [1.807, 2.05) is 13.8 Å². The fourth-order valence-corrected chi connectivity index (χ4v) is 1.59. The van der Waals surface area contributed by atoms with Crippen LogP contribution in [0.15, 0.2) is 23.4 Å². The summed E-state index contributed by atoms with van der Waals surface area (Å²) in [6.07, 6.45) is -0.451. The number of hydrogen-bond donors (Lipinski definition) is 4. The standard InChI is InChI=1S/C13H20FN3O2/c1-8(2)12(18)7-16-6-9-3-4-10(14)5-11(9)13(15)17-19/h3-5,8,12,16,18-19H,6-7H2,1-2H3,(H2,15,17). The van der Waals surface area contributed by atoms with Crippen molar-refractivity contribution in [1.29, 1.82) is 0 Å². The number of benzene rings is 1. The molecule has 0 aliphatic heterocycles. The monoisotopic (exact) mass is 269 g/mol. The fourth-order valence-electron chi connectivity index (χ4n) is 1.59. The lowest BCUT2D eigenvalue weighted by atomic mass is 10.1. The first kappa shape index (κ1) is 15.4. The van der Waals surface area contributed by atoms with Gasteiger partial charge in [-0.2, -0.15) is 0 Å². The third-order valence-electron chi connectivity index (χ3n) is 2.89. The number of nitrogens with zero attached hydrogens (tertiary/aromatic N) is 1. The summed E-state index contributed by atoms with van der Waals surface area (Å²) in [5, 5.41) is 24.3. The average Bonchev–Trinajstić information content (AvgIpc) is 2.39. The van der Waals surface area contributed by atoms with Crippen molar-refractivity contribution in [2.45, 2.75) is 26.5 Å². The minimum atomic E-state index is -0.451. The number of rotatable bonds is 6. The van der Waals surface area contributed by atoms with E-state index in [-0.39, 0.29) is 11.8 Å². The number of nitrogens with one attached hydrogen (secondary N) is 1. The molecule has 1 rings (SSSR count). The van der Waals surface area contributed by atoms with Gasteiger partial charge in [-0.25, -0.2) is 4.39 Å². The van der Waals surface area contributed by atoms with Crippen LogP contribution in [0.3, 0.4) is 0 Å². The van der Waals surface area contributed by atoms with Crippen LogP contribution in [0.2, 0.25) is 0 Å². The molecule has 19 heavy (non-hydrogen) atoms. The molecule has 0 spiro atoms. The van der Waals surface area contributed by atoms with E-state index in [0.717, 1.165) is 0 Å². The third-order valence-corrected chi connectivity index (χ3v) is 2.89. The third kappa shape index (κ3) is 4.50. The Morgan fingerprint density at radius 2 is 2.16 bits per heavy atom. The molecule has 0 heterocycles. The number of aliphatic hydroxyl groups is 1. The molecule has 0 saturated carbocycles. The molecule has 1 aromatic rings. The highest BCUT2D eigenvalue weighted by Gasteiger charge is 2.11. The lowest BCUT2D eigenvalue weighted by molar-refractivity contribution is 0.123. The van der Waals surface area contributed by atoms with Gasteiger partial charge in [0.25, 0.3) is 0 Å². The molecular weight excluding hydrogens is 249 g/mol. The average molecular weight is 269 g/mol. The van der Waals surface area contributed by atoms with Gasteiger partial charge in [0.05, 0.1) is 6.10 Å². The van der Waals surface area contributed by atoms with Gasteiger partial charge >= 0.3 is 0 Å². The maximum atomic E-state index is 13.1. The van der Waals surface area contributed by atoms with E-state index in [9.17, 15) is 9.50 Å². The first-order chi connectivity index (χ1) is 8.95. The van der Waals surface area contributed by atoms with Crippen molar-refractivity contribution in [3.63, 3.8) is 0 Å². The highest BCUT2D eigenvalue weighted by atomic mass is 19.1. The van der Waals surface area contributed by atoms with E-state index in [2.05, 4.69) is 10.5 Å². The van der Waals surface area contributed by atoms with Crippen LogP contribution < -0.4 is 11.1 Å². The molecule has 0 amide bonds. The van der Waals surface area contributed by atoms with Gasteiger partial charge in [0, 0.05) is 18.7 Å².